The van der Waals surface area contributed by atoms with Crippen LogP contribution in [0.1, 0.15) is 0 Å². The number of fused-ring (bicyclic) bond motifs is 1. The summed E-state index contributed by atoms with van der Waals surface area (Å²) in [5, 5.41) is 0.417. The summed E-state index contributed by atoms with van der Waals surface area (Å²) in [6.07, 6.45) is 0. The second kappa shape index (κ2) is 3.61. The number of oxazole rings is 1. The van der Waals surface area contributed by atoms with E-state index >= 15 is 0 Å². The molecular formula is C12H7ClN2O. The molecule has 0 saturated carbocycles. The Morgan fingerprint density at radius 3 is 2.56 bits per heavy atom. The molecule has 3 nitrogen and oxygen atoms in total. The Morgan fingerprint density at radius 2 is 1.75 bits per heavy atom. The summed E-state index contributed by atoms with van der Waals surface area (Å²) in [5.41, 5.74) is 2.10. The molecule has 0 saturated heterocycles. The molecule has 0 amide bonds. The highest BCUT2D eigenvalue weighted by molar-refractivity contribution is 6.29. The van der Waals surface area contributed by atoms with Crippen molar-refractivity contribution in [1.29, 1.82) is 0 Å². The van der Waals surface area contributed by atoms with Gasteiger partial charge in [-0.3, -0.25) is 0 Å². The zero-order valence-electron chi connectivity index (χ0n) is 8.22. The molecule has 0 bridgehead atoms. The zero-order chi connectivity index (χ0) is 11.0. The molecule has 3 rings (SSSR count). The molecule has 2 aromatic heterocycles. The smallest absolute Gasteiger partial charge is 0.228 e. The van der Waals surface area contributed by atoms with Crippen molar-refractivity contribution in [2.24, 2.45) is 0 Å². The molecule has 1 aromatic carbocycles. The van der Waals surface area contributed by atoms with Crippen LogP contribution in [-0.2, 0) is 0 Å². The lowest BCUT2D eigenvalue weighted by Crippen LogP contribution is -1.77. The molecule has 0 unspecified atom stereocenters. The van der Waals surface area contributed by atoms with Crippen LogP contribution >= 0.6 is 11.6 Å². The molecule has 0 fully saturated rings. The molecule has 0 atom stereocenters. The topological polar surface area (TPSA) is 38.9 Å². The largest absolute Gasteiger partial charge is 0.434 e. The van der Waals surface area contributed by atoms with Crippen LogP contribution in [0.5, 0.6) is 0 Å². The third-order valence-electron chi connectivity index (χ3n) is 2.24. The van der Waals surface area contributed by atoms with Crippen molar-refractivity contribution in [3.63, 3.8) is 0 Å². The number of pyridine rings is 1. The van der Waals surface area contributed by atoms with Gasteiger partial charge >= 0.3 is 0 Å². The van der Waals surface area contributed by atoms with Crippen molar-refractivity contribution in [2.75, 3.05) is 0 Å². The molecular weight excluding hydrogens is 224 g/mol. The van der Waals surface area contributed by atoms with Crippen LogP contribution in [0.4, 0.5) is 0 Å². The van der Waals surface area contributed by atoms with Gasteiger partial charge in [-0.2, -0.15) is 4.98 Å². The summed E-state index contributed by atoms with van der Waals surface area (Å²) in [7, 11) is 0. The Kier molecular flexibility index (Phi) is 2.11. The molecule has 0 aliphatic heterocycles. The second-order valence-electron chi connectivity index (χ2n) is 3.34. The Bertz CT molecular complexity index is 634. The summed E-state index contributed by atoms with van der Waals surface area (Å²) < 4.78 is 5.58. The first-order valence-electron chi connectivity index (χ1n) is 4.81. The van der Waals surface area contributed by atoms with Crippen molar-refractivity contribution < 1.29 is 4.42 Å². The number of halogens is 1. The van der Waals surface area contributed by atoms with Gasteiger partial charge in [-0.1, -0.05) is 29.8 Å². The van der Waals surface area contributed by atoms with Crippen LogP contribution in [0, 0.1) is 0 Å². The van der Waals surface area contributed by atoms with Crippen molar-refractivity contribution in [3.05, 3.63) is 47.6 Å². The number of hydrogen-bond donors (Lipinski definition) is 0. The molecule has 3 aromatic rings. The van der Waals surface area contributed by atoms with Gasteiger partial charge in [0.2, 0.25) is 11.5 Å². The molecule has 78 valence electrons. The van der Waals surface area contributed by atoms with Crippen LogP contribution < -0.4 is 0 Å². The van der Waals surface area contributed by atoms with E-state index in [4.69, 9.17) is 16.0 Å². The molecule has 0 N–H and O–H groups in total. The third kappa shape index (κ3) is 1.55. The van der Waals surface area contributed by atoms with Crippen LogP contribution in [0.25, 0.3) is 22.7 Å². The SMILES string of the molecule is Clc1ccc2oc(-c3ccccc3)nc2n1. The van der Waals surface area contributed by atoms with Crippen molar-refractivity contribution >= 4 is 22.8 Å². The van der Waals surface area contributed by atoms with E-state index in [0.717, 1.165) is 5.56 Å². The van der Waals surface area contributed by atoms with E-state index in [0.29, 0.717) is 22.3 Å². The maximum absolute atomic E-state index is 5.78. The summed E-state index contributed by atoms with van der Waals surface area (Å²) in [6, 6.07) is 13.1. The summed E-state index contributed by atoms with van der Waals surface area (Å²) in [4.78, 5) is 8.36. The first kappa shape index (κ1) is 9.36. The molecule has 16 heavy (non-hydrogen) atoms. The lowest BCUT2D eigenvalue weighted by molar-refractivity contribution is 0.619. The van der Waals surface area contributed by atoms with E-state index in [2.05, 4.69) is 9.97 Å². The first-order valence-corrected chi connectivity index (χ1v) is 5.19. The van der Waals surface area contributed by atoms with Crippen molar-refractivity contribution in [1.82, 2.24) is 9.97 Å². The summed E-state index contributed by atoms with van der Waals surface area (Å²) in [5.74, 6) is 0.561. The predicted octanol–water partition coefficient (Wildman–Crippen LogP) is 3.54. The molecule has 0 aliphatic carbocycles. The van der Waals surface area contributed by atoms with Crippen LogP contribution in [0.15, 0.2) is 46.9 Å². The normalized spacial score (nSPS) is 10.8. The van der Waals surface area contributed by atoms with E-state index in [1.807, 2.05) is 30.3 Å². The van der Waals surface area contributed by atoms with Gasteiger partial charge in [0.1, 0.15) is 5.15 Å². The van der Waals surface area contributed by atoms with Gasteiger partial charge in [0.25, 0.3) is 0 Å². The monoisotopic (exact) mass is 230 g/mol. The Hall–Kier alpha value is -1.87. The highest BCUT2D eigenvalue weighted by Crippen LogP contribution is 2.23. The third-order valence-corrected chi connectivity index (χ3v) is 2.45. The number of aromatic nitrogens is 2. The highest BCUT2D eigenvalue weighted by Gasteiger charge is 2.08. The minimum Gasteiger partial charge on any atom is -0.434 e. The number of hydrogen-bond acceptors (Lipinski definition) is 3. The van der Waals surface area contributed by atoms with Crippen LogP contribution in [0.3, 0.4) is 0 Å². The molecule has 0 spiro atoms. The van der Waals surface area contributed by atoms with Gasteiger partial charge in [-0.05, 0) is 24.3 Å². The summed E-state index contributed by atoms with van der Waals surface area (Å²) >= 11 is 5.78. The Labute approximate surface area is 96.7 Å². The van der Waals surface area contributed by atoms with Crippen LogP contribution in [0.2, 0.25) is 5.15 Å². The van der Waals surface area contributed by atoms with Crippen molar-refractivity contribution in [3.8, 4) is 11.5 Å². The number of rotatable bonds is 1. The van der Waals surface area contributed by atoms with E-state index < -0.39 is 0 Å². The molecule has 0 radical (unpaired) electrons. The van der Waals surface area contributed by atoms with Gasteiger partial charge in [-0.25, -0.2) is 4.98 Å². The summed E-state index contributed by atoms with van der Waals surface area (Å²) in [6.45, 7) is 0. The lowest BCUT2D eigenvalue weighted by atomic mass is 10.2. The minimum atomic E-state index is 0.417. The first-order chi connectivity index (χ1) is 7.83. The van der Waals surface area contributed by atoms with Gasteiger partial charge in [-0.15, -0.1) is 0 Å². The van der Waals surface area contributed by atoms with Gasteiger partial charge < -0.3 is 4.42 Å². The number of benzene rings is 1. The van der Waals surface area contributed by atoms with E-state index in [9.17, 15) is 0 Å². The fourth-order valence-corrected chi connectivity index (χ4v) is 1.64. The molecule has 2 heterocycles. The second-order valence-corrected chi connectivity index (χ2v) is 3.73. The average Bonchev–Trinajstić information content (AvgIpc) is 2.73. The fourth-order valence-electron chi connectivity index (χ4n) is 1.50. The average molecular weight is 231 g/mol. The maximum atomic E-state index is 5.78. The maximum Gasteiger partial charge on any atom is 0.228 e. The standard InChI is InChI=1S/C12H7ClN2O/c13-10-7-6-9-11(14-10)15-12(16-9)8-4-2-1-3-5-8/h1-7H. The highest BCUT2D eigenvalue weighted by atomic mass is 35.5. The Morgan fingerprint density at radius 1 is 0.938 bits per heavy atom. The van der Waals surface area contributed by atoms with Gasteiger partial charge in [0.05, 0.1) is 0 Å². The van der Waals surface area contributed by atoms with Crippen molar-refractivity contribution in [2.45, 2.75) is 0 Å². The van der Waals surface area contributed by atoms with Gasteiger partial charge in [0.15, 0.2) is 5.58 Å². The van der Waals surface area contributed by atoms with Gasteiger partial charge in [0, 0.05) is 5.56 Å². The van der Waals surface area contributed by atoms with E-state index in [-0.39, 0.29) is 0 Å². The van der Waals surface area contributed by atoms with E-state index in [1.54, 1.807) is 12.1 Å². The quantitative estimate of drug-likeness (QED) is 0.600. The number of nitrogens with zero attached hydrogens (tertiary/aromatic N) is 2. The van der Waals surface area contributed by atoms with E-state index in [1.165, 1.54) is 0 Å². The molecule has 0 aliphatic rings. The van der Waals surface area contributed by atoms with Crippen LogP contribution in [-0.4, -0.2) is 9.97 Å². The molecule has 4 heteroatoms. The fraction of sp³-hybridized carbons (Fsp3) is 0. The minimum absolute atomic E-state index is 0.417. The lowest BCUT2D eigenvalue weighted by Gasteiger charge is -1.91. The zero-order valence-corrected chi connectivity index (χ0v) is 8.98. The predicted molar refractivity (Wildman–Crippen MR) is 62.3 cm³/mol. The Balaban J connectivity index is 2.19.